The van der Waals surface area contributed by atoms with E-state index in [4.69, 9.17) is 14.8 Å². The lowest BCUT2D eigenvalue weighted by Crippen LogP contribution is -2.25. The van der Waals surface area contributed by atoms with Crippen LogP contribution in [-0.2, 0) is 0 Å². The molecule has 0 saturated carbocycles. The molecule has 9 nitrogen and oxygen atoms in total. The summed E-state index contributed by atoms with van der Waals surface area (Å²) in [6.45, 7) is 2.74. The van der Waals surface area contributed by atoms with E-state index >= 15 is 0 Å². The Balaban J connectivity index is 1.41. The van der Waals surface area contributed by atoms with Gasteiger partial charge in [-0.3, -0.25) is 4.98 Å². The molecule has 1 saturated heterocycles. The minimum Gasteiger partial charge on any atom is -0.358 e. The zero-order chi connectivity index (χ0) is 21.9. The van der Waals surface area contributed by atoms with Crippen LogP contribution in [0.3, 0.4) is 0 Å². The number of anilines is 3. The molecular weight excluding hydrogens is 404 g/mol. The largest absolute Gasteiger partial charge is 0.358 e. The SMILES string of the molecule is Cc1cc(Nc2cc(C#N)ccn2)nc(N2CCCC2c2cc(-c3ccccn3)no2)n1. The quantitative estimate of drug-likeness (QED) is 0.503. The lowest BCUT2D eigenvalue weighted by atomic mass is 10.1. The number of nitrogens with one attached hydrogen (secondary N) is 1. The fraction of sp³-hybridized carbons (Fsp3) is 0.217. The predicted molar refractivity (Wildman–Crippen MR) is 118 cm³/mol. The maximum absolute atomic E-state index is 9.12. The van der Waals surface area contributed by atoms with Crippen LogP contribution < -0.4 is 10.2 Å². The summed E-state index contributed by atoms with van der Waals surface area (Å²) < 4.78 is 5.69. The first kappa shape index (κ1) is 19.6. The Kier molecular flexibility index (Phi) is 5.17. The molecule has 1 unspecified atom stereocenters. The topological polar surface area (TPSA) is 117 Å². The van der Waals surface area contributed by atoms with Gasteiger partial charge in [0.05, 0.1) is 23.4 Å². The van der Waals surface area contributed by atoms with Gasteiger partial charge in [-0.15, -0.1) is 0 Å². The summed E-state index contributed by atoms with van der Waals surface area (Å²) in [5.41, 5.74) is 2.84. The Labute approximate surface area is 184 Å². The van der Waals surface area contributed by atoms with Gasteiger partial charge in [0.15, 0.2) is 5.76 Å². The summed E-state index contributed by atoms with van der Waals surface area (Å²) in [7, 11) is 0. The number of rotatable bonds is 5. The molecule has 1 N–H and O–H groups in total. The van der Waals surface area contributed by atoms with Gasteiger partial charge in [0, 0.05) is 36.8 Å². The van der Waals surface area contributed by atoms with Gasteiger partial charge in [0.25, 0.3) is 0 Å². The minimum atomic E-state index is -0.00495. The highest BCUT2D eigenvalue weighted by Crippen LogP contribution is 2.36. The molecule has 32 heavy (non-hydrogen) atoms. The lowest BCUT2D eigenvalue weighted by Gasteiger charge is -2.23. The van der Waals surface area contributed by atoms with Crippen molar-refractivity contribution in [3.05, 3.63) is 71.9 Å². The summed E-state index contributed by atoms with van der Waals surface area (Å²) in [5.74, 6) is 2.56. The highest BCUT2D eigenvalue weighted by Gasteiger charge is 2.32. The molecule has 1 aliphatic heterocycles. The monoisotopic (exact) mass is 424 g/mol. The molecular formula is C23H20N8O. The molecule has 4 aromatic heterocycles. The van der Waals surface area contributed by atoms with Crippen LogP contribution in [0.2, 0.25) is 0 Å². The van der Waals surface area contributed by atoms with Crippen molar-refractivity contribution < 1.29 is 4.52 Å². The van der Waals surface area contributed by atoms with Crippen LogP contribution in [0.25, 0.3) is 11.4 Å². The zero-order valence-electron chi connectivity index (χ0n) is 17.4. The molecule has 0 aliphatic carbocycles. The van der Waals surface area contributed by atoms with Crippen molar-refractivity contribution in [1.29, 1.82) is 5.26 Å². The van der Waals surface area contributed by atoms with Crippen LogP contribution in [0.1, 0.15) is 35.9 Å². The van der Waals surface area contributed by atoms with E-state index < -0.39 is 0 Å². The van der Waals surface area contributed by atoms with Gasteiger partial charge >= 0.3 is 0 Å². The highest BCUT2D eigenvalue weighted by atomic mass is 16.5. The minimum absolute atomic E-state index is 0.00495. The van der Waals surface area contributed by atoms with Crippen molar-refractivity contribution in [3.8, 4) is 17.5 Å². The van der Waals surface area contributed by atoms with Crippen molar-refractivity contribution in [1.82, 2.24) is 25.1 Å². The van der Waals surface area contributed by atoms with Crippen LogP contribution in [0, 0.1) is 18.3 Å². The molecule has 158 valence electrons. The number of aryl methyl sites for hydroxylation is 1. The molecule has 1 fully saturated rings. The molecule has 4 aromatic rings. The number of aromatic nitrogens is 5. The first-order valence-corrected chi connectivity index (χ1v) is 10.3. The van der Waals surface area contributed by atoms with E-state index in [1.165, 1.54) is 0 Å². The molecule has 1 aliphatic rings. The summed E-state index contributed by atoms with van der Waals surface area (Å²) in [6.07, 6.45) is 5.25. The van der Waals surface area contributed by atoms with Crippen LogP contribution >= 0.6 is 0 Å². The summed E-state index contributed by atoms with van der Waals surface area (Å²) in [4.78, 5) is 20.1. The first-order valence-electron chi connectivity index (χ1n) is 10.3. The van der Waals surface area contributed by atoms with Crippen molar-refractivity contribution in [2.45, 2.75) is 25.8 Å². The van der Waals surface area contributed by atoms with Crippen LogP contribution in [0.5, 0.6) is 0 Å². The van der Waals surface area contributed by atoms with Crippen LogP contribution in [-0.4, -0.2) is 31.6 Å². The second-order valence-corrected chi connectivity index (χ2v) is 7.54. The van der Waals surface area contributed by atoms with Crippen LogP contribution in [0.15, 0.2) is 59.4 Å². The van der Waals surface area contributed by atoms with E-state index in [0.717, 1.165) is 36.5 Å². The Morgan fingerprint density at radius 1 is 1.06 bits per heavy atom. The third-order valence-electron chi connectivity index (χ3n) is 5.28. The van der Waals surface area contributed by atoms with Gasteiger partial charge in [0.2, 0.25) is 5.95 Å². The molecule has 0 aromatic carbocycles. The average molecular weight is 424 g/mol. The van der Waals surface area contributed by atoms with Gasteiger partial charge in [-0.1, -0.05) is 11.2 Å². The van der Waals surface area contributed by atoms with Crippen molar-refractivity contribution in [2.75, 3.05) is 16.8 Å². The number of hydrogen-bond acceptors (Lipinski definition) is 9. The van der Waals surface area contributed by atoms with E-state index in [-0.39, 0.29) is 6.04 Å². The van der Waals surface area contributed by atoms with Crippen molar-refractivity contribution >= 4 is 17.6 Å². The normalized spacial score (nSPS) is 15.5. The first-order chi connectivity index (χ1) is 15.7. The molecule has 0 bridgehead atoms. The second kappa shape index (κ2) is 8.43. The van der Waals surface area contributed by atoms with E-state index in [1.54, 1.807) is 24.5 Å². The summed E-state index contributed by atoms with van der Waals surface area (Å²) in [6, 6.07) is 15.0. The maximum Gasteiger partial charge on any atom is 0.228 e. The van der Waals surface area contributed by atoms with Gasteiger partial charge in [-0.2, -0.15) is 10.2 Å². The second-order valence-electron chi connectivity index (χ2n) is 7.54. The Hall–Kier alpha value is -4.32. The van der Waals surface area contributed by atoms with Gasteiger partial charge < -0.3 is 14.7 Å². The van der Waals surface area contributed by atoms with Crippen LogP contribution in [0.4, 0.5) is 17.6 Å². The Morgan fingerprint density at radius 2 is 2.00 bits per heavy atom. The molecule has 1 atom stereocenters. The molecule has 9 heteroatoms. The van der Waals surface area contributed by atoms with Gasteiger partial charge in [-0.05, 0) is 44.0 Å². The Morgan fingerprint density at radius 3 is 2.84 bits per heavy atom. The van der Waals surface area contributed by atoms with Crippen molar-refractivity contribution in [2.24, 2.45) is 0 Å². The van der Waals surface area contributed by atoms with Crippen molar-refractivity contribution in [3.63, 3.8) is 0 Å². The predicted octanol–water partition coefficient (Wildman–Crippen LogP) is 4.19. The van der Waals surface area contributed by atoms with Gasteiger partial charge in [0.1, 0.15) is 17.3 Å². The lowest BCUT2D eigenvalue weighted by molar-refractivity contribution is 0.362. The molecule has 0 spiro atoms. The Bertz CT molecular complexity index is 1280. The molecule has 0 amide bonds. The number of nitriles is 1. The highest BCUT2D eigenvalue weighted by molar-refractivity contribution is 5.57. The fourth-order valence-electron chi connectivity index (χ4n) is 3.83. The summed E-state index contributed by atoms with van der Waals surface area (Å²) in [5, 5.41) is 16.5. The van der Waals surface area contributed by atoms with E-state index in [9.17, 15) is 0 Å². The average Bonchev–Trinajstić information content (AvgIpc) is 3.49. The van der Waals surface area contributed by atoms with E-state index in [1.807, 2.05) is 37.3 Å². The van der Waals surface area contributed by atoms with E-state index in [0.29, 0.717) is 28.8 Å². The van der Waals surface area contributed by atoms with Gasteiger partial charge in [-0.25, -0.2) is 9.97 Å². The third-order valence-corrected chi connectivity index (χ3v) is 5.28. The van der Waals surface area contributed by atoms with E-state index in [2.05, 4.69) is 36.4 Å². The maximum atomic E-state index is 9.12. The third kappa shape index (κ3) is 3.98. The zero-order valence-corrected chi connectivity index (χ0v) is 17.4. The number of nitrogens with zero attached hydrogens (tertiary/aromatic N) is 7. The molecule has 5 heterocycles. The molecule has 5 rings (SSSR count). The smallest absolute Gasteiger partial charge is 0.228 e. The molecule has 0 radical (unpaired) electrons. The number of hydrogen-bond donors (Lipinski definition) is 1. The summed E-state index contributed by atoms with van der Waals surface area (Å²) >= 11 is 0. The number of pyridine rings is 2. The standard InChI is InChI=1S/C23H20N8O/c1-15-11-22(28-21-12-16(14-24)7-9-26-21)29-23(27-15)31-10-4-6-19(31)20-13-18(30-32-20)17-5-2-3-8-25-17/h2-3,5,7-9,11-13,19H,4,6,10H2,1H3,(H,26,27,28,29). The fourth-order valence-corrected chi connectivity index (χ4v) is 3.83.